The molecule has 2 atom stereocenters. The molecule has 0 aromatic heterocycles. The fraction of sp³-hybridized carbons (Fsp3) is 0.944. The number of carbonyl (C=O) groups is 1. The van der Waals surface area contributed by atoms with Crippen molar-refractivity contribution in [1.29, 1.82) is 0 Å². The number of aliphatic hydroxyl groups is 1. The monoisotopic (exact) mass is 380 g/mol. The Morgan fingerprint density at radius 2 is 1.40 bits per heavy atom. The molecule has 0 aromatic rings. The maximum absolute atomic E-state index is 11.5. The van der Waals surface area contributed by atoms with E-state index in [0.29, 0.717) is 38.5 Å². The molecule has 0 aliphatic rings. The molecule has 0 bridgehead atoms. The lowest BCUT2D eigenvalue weighted by atomic mass is 10.0. The van der Waals surface area contributed by atoms with Crippen molar-refractivity contribution < 1.29 is 28.0 Å². The third-order valence-electron chi connectivity index (χ3n) is 4.55. The largest absolute Gasteiger partial charge is 0.481 e. The number of hydrogen-bond acceptors (Lipinski definition) is 4. The molecule has 0 radical (unpaired) electrons. The molecule has 150 valence electrons. The zero-order valence-corrected chi connectivity index (χ0v) is 16.3. The first-order valence-corrected chi connectivity index (χ1v) is 11.1. The summed E-state index contributed by atoms with van der Waals surface area (Å²) < 4.78 is 32.2. The number of unbranched alkanes of at least 4 members (excludes halogenated alkanes) is 7. The molecule has 0 rings (SSSR count). The predicted octanol–water partition coefficient (Wildman–Crippen LogP) is 4.17. The lowest BCUT2D eigenvalue weighted by Crippen LogP contribution is -2.22. The molecule has 7 heteroatoms. The lowest BCUT2D eigenvalue weighted by molar-refractivity contribution is -0.137. The zero-order valence-electron chi connectivity index (χ0n) is 15.5. The number of carboxylic acid groups (broad SMARTS) is 1. The van der Waals surface area contributed by atoms with Crippen molar-refractivity contribution in [3.8, 4) is 0 Å². The second kappa shape index (κ2) is 14.5. The fourth-order valence-corrected chi connectivity index (χ4v) is 3.85. The molecular formula is C18H36O6S. The number of rotatable bonds is 17. The quantitative estimate of drug-likeness (QED) is 0.258. The van der Waals surface area contributed by atoms with Crippen LogP contribution in [0.2, 0.25) is 0 Å². The van der Waals surface area contributed by atoms with Crippen molar-refractivity contribution in [3.63, 3.8) is 0 Å². The van der Waals surface area contributed by atoms with Gasteiger partial charge in [0.15, 0.2) is 0 Å². The average molecular weight is 381 g/mol. The Kier molecular flexibility index (Phi) is 14.1. The fourth-order valence-electron chi connectivity index (χ4n) is 2.95. The van der Waals surface area contributed by atoms with Crippen LogP contribution in [0, 0.1) is 0 Å². The van der Waals surface area contributed by atoms with Gasteiger partial charge in [-0.1, -0.05) is 58.3 Å². The summed E-state index contributed by atoms with van der Waals surface area (Å²) in [7, 11) is -4.13. The molecule has 0 amide bonds. The maximum Gasteiger partial charge on any atom is 0.303 e. The summed E-state index contributed by atoms with van der Waals surface area (Å²) in [5, 5.41) is 17.7. The predicted molar refractivity (Wildman–Crippen MR) is 99.3 cm³/mol. The van der Waals surface area contributed by atoms with E-state index in [1.54, 1.807) is 0 Å². The summed E-state index contributed by atoms with van der Waals surface area (Å²) in [5.74, 6) is -0.857. The highest BCUT2D eigenvalue weighted by molar-refractivity contribution is 7.86. The van der Waals surface area contributed by atoms with Gasteiger partial charge >= 0.3 is 5.97 Å². The number of aliphatic carboxylic acids is 1. The van der Waals surface area contributed by atoms with Crippen LogP contribution in [0.15, 0.2) is 0 Å². The van der Waals surface area contributed by atoms with Crippen molar-refractivity contribution in [2.75, 3.05) is 0 Å². The first-order valence-electron chi connectivity index (χ1n) is 9.63. The van der Waals surface area contributed by atoms with Gasteiger partial charge in [0.2, 0.25) is 0 Å². The van der Waals surface area contributed by atoms with Crippen molar-refractivity contribution in [2.24, 2.45) is 0 Å². The minimum Gasteiger partial charge on any atom is -0.481 e. The molecule has 0 heterocycles. The average Bonchev–Trinajstić information content (AvgIpc) is 2.51. The van der Waals surface area contributed by atoms with Crippen LogP contribution in [0.5, 0.6) is 0 Å². The SMILES string of the molecule is CCCCCCCCC(O)CCC(CCCCCC(=O)O)S(=O)(=O)O. The van der Waals surface area contributed by atoms with Gasteiger partial charge in [-0.15, -0.1) is 0 Å². The normalized spacial score (nSPS) is 14.4. The molecule has 0 saturated heterocycles. The molecule has 0 aliphatic heterocycles. The summed E-state index contributed by atoms with van der Waals surface area (Å²) in [4.78, 5) is 10.4. The zero-order chi connectivity index (χ0) is 19.1. The van der Waals surface area contributed by atoms with Crippen molar-refractivity contribution in [3.05, 3.63) is 0 Å². The van der Waals surface area contributed by atoms with Gasteiger partial charge in [-0.2, -0.15) is 8.42 Å². The van der Waals surface area contributed by atoms with Gasteiger partial charge in [0.25, 0.3) is 10.1 Å². The molecule has 6 nitrogen and oxygen atoms in total. The Balaban J connectivity index is 3.96. The van der Waals surface area contributed by atoms with Gasteiger partial charge in [-0.25, -0.2) is 0 Å². The van der Waals surface area contributed by atoms with Crippen LogP contribution in [-0.4, -0.2) is 40.5 Å². The number of carboxylic acids is 1. The first kappa shape index (κ1) is 24.3. The van der Waals surface area contributed by atoms with E-state index in [2.05, 4.69) is 6.92 Å². The van der Waals surface area contributed by atoms with Gasteiger partial charge < -0.3 is 10.2 Å². The number of hydrogen-bond donors (Lipinski definition) is 3. The van der Waals surface area contributed by atoms with Gasteiger partial charge in [-0.3, -0.25) is 9.35 Å². The van der Waals surface area contributed by atoms with E-state index in [9.17, 15) is 22.9 Å². The van der Waals surface area contributed by atoms with Crippen LogP contribution in [0.4, 0.5) is 0 Å². The summed E-state index contributed by atoms with van der Waals surface area (Å²) in [5.41, 5.74) is 0. The Morgan fingerprint density at radius 1 is 0.840 bits per heavy atom. The third kappa shape index (κ3) is 15.3. The third-order valence-corrected chi connectivity index (χ3v) is 5.86. The molecule has 0 fully saturated rings. The van der Waals surface area contributed by atoms with E-state index in [1.807, 2.05) is 0 Å². The van der Waals surface area contributed by atoms with Crippen molar-refractivity contribution in [2.45, 2.75) is 108 Å². The lowest BCUT2D eigenvalue weighted by Gasteiger charge is -2.16. The molecule has 0 spiro atoms. The smallest absolute Gasteiger partial charge is 0.303 e. The molecule has 3 N–H and O–H groups in total. The van der Waals surface area contributed by atoms with Crippen LogP contribution in [0.25, 0.3) is 0 Å². The van der Waals surface area contributed by atoms with Crippen LogP contribution in [-0.2, 0) is 14.9 Å². The van der Waals surface area contributed by atoms with Crippen LogP contribution < -0.4 is 0 Å². The van der Waals surface area contributed by atoms with Gasteiger partial charge in [0.1, 0.15) is 0 Å². The molecule has 0 aliphatic carbocycles. The van der Waals surface area contributed by atoms with E-state index >= 15 is 0 Å². The van der Waals surface area contributed by atoms with Gasteiger partial charge in [0.05, 0.1) is 11.4 Å². The Hall–Kier alpha value is -0.660. The Morgan fingerprint density at radius 3 is 2.00 bits per heavy atom. The van der Waals surface area contributed by atoms with E-state index in [-0.39, 0.29) is 12.8 Å². The van der Waals surface area contributed by atoms with Crippen LogP contribution in [0.3, 0.4) is 0 Å². The maximum atomic E-state index is 11.5. The van der Waals surface area contributed by atoms with Gasteiger partial charge in [-0.05, 0) is 32.1 Å². The number of aliphatic hydroxyl groups excluding tert-OH is 1. The molecule has 25 heavy (non-hydrogen) atoms. The van der Waals surface area contributed by atoms with Gasteiger partial charge in [0, 0.05) is 6.42 Å². The molecule has 0 saturated carbocycles. The highest BCUT2D eigenvalue weighted by Gasteiger charge is 2.23. The van der Waals surface area contributed by atoms with E-state index < -0.39 is 27.4 Å². The standard InChI is InChI=1S/C18H36O6S/c1-2-3-4-5-6-8-11-16(19)14-15-17(25(22,23)24)12-9-7-10-13-18(20)21/h16-17,19H,2-15H2,1H3,(H,20,21)(H,22,23,24). The highest BCUT2D eigenvalue weighted by atomic mass is 32.2. The molecular weight excluding hydrogens is 344 g/mol. The van der Waals surface area contributed by atoms with E-state index in [4.69, 9.17) is 5.11 Å². The minimum atomic E-state index is -4.13. The highest BCUT2D eigenvalue weighted by Crippen LogP contribution is 2.19. The van der Waals surface area contributed by atoms with Crippen molar-refractivity contribution in [1.82, 2.24) is 0 Å². The van der Waals surface area contributed by atoms with Crippen LogP contribution in [0.1, 0.15) is 96.8 Å². The molecule has 2 unspecified atom stereocenters. The van der Waals surface area contributed by atoms with E-state index in [0.717, 1.165) is 12.8 Å². The first-order chi connectivity index (χ1) is 11.8. The Labute approximate surface area is 152 Å². The molecule has 0 aromatic carbocycles. The second-order valence-corrected chi connectivity index (χ2v) is 8.61. The van der Waals surface area contributed by atoms with Crippen LogP contribution >= 0.6 is 0 Å². The summed E-state index contributed by atoms with van der Waals surface area (Å²) in [6, 6.07) is 0. The van der Waals surface area contributed by atoms with E-state index in [1.165, 1.54) is 25.7 Å². The summed E-state index contributed by atoms with van der Waals surface area (Å²) >= 11 is 0. The minimum absolute atomic E-state index is 0.0769. The topological polar surface area (TPSA) is 112 Å². The summed E-state index contributed by atoms with van der Waals surface area (Å²) in [6.07, 6.45) is 9.70. The van der Waals surface area contributed by atoms with Crippen molar-refractivity contribution >= 4 is 16.1 Å². The second-order valence-electron chi connectivity index (χ2n) is 6.92. The Bertz CT molecular complexity index is 435. The summed E-state index contributed by atoms with van der Waals surface area (Å²) in [6.45, 7) is 2.17.